The van der Waals surface area contributed by atoms with Crippen LogP contribution in [0.4, 0.5) is 0 Å². The predicted molar refractivity (Wildman–Crippen MR) is 58.3 cm³/mol. The molecule has 0 saturated heterocycles. The van der Waals surface area contributed by atoms with Crippen LogP contribution < -0.4 is 0 Å². The average molecular weight is 194 g/mol. The quantitative estimate of drug-likeness (QED) is 0.494. The van der Waals surface area contributed by atoms with Gasteiger partial charge in [0, 0.05) is 0 Å². The van der Waals surface area contributed by atoms with Gasteiger partial charge in [0.05, 0.1) is 5.60 Å². The fourth-order valence-electron chi connectivity index (χ4n) is 2.22. The molecule has 72 valence electrons. The minimum atomic E-state index is -0.425. The van der Waals surface area contributed by atoms with Crippen LogP contribution in [-0.4, -0.2) is 15.4 Å². The molecule has 13 heavy (non-hydrogen) atoms. The van der Waals surface area contributed by atoms with Crippen molar-refractivity contribution in [3.05, 3.63) is 23.4 Å². The number of hydrogen-bond acceptors (Lipinski definition) is 1. The van der Waals surface area contributed by atoms with Crippen molar-refractivity contribution in [1.82, 2.24) is 0 Å². The van der Waals surface area contributed by atoms with Crippen molar-refractivity contribution in [2.45, 2.75) is 38.7 Å². The summed E-state index contributed by atoms with van der Waals surface area (Å²) < 4.78 is 6.12. The summed E-state index contributed by atoms with van der Waals surface area (Å²) in [7, 11) is -0.425. The van der Waals surface area contributed by atoms with Crippen LogP contribution in [0.1, 0.15) is 33.1 Å². The number of hydrogen-bond donors (Lipinski definition) is 0. The first kappa shape index (κ1) is 9.22. The minimum Gasteiger partial charge on any atom is -0.410 e. The molecule has 2 bridgehead atoms. The van der Waals surface area contributed by atoms with Crippen molar-refractivity contribution in [1.29, 1.82) is 0 Å². The molecule has 2 heteroatoms. The van der Waals surface area contributed by atoms with Crippen molar-refractivity contribution in [2.24, 2.45) is 5.92 Å². The first-order valence-corrected chi connectivity index (χ1v) is 6.48. The van der Waals surface area contributed by atoms with Crippen LogP contribution in [0.5, 0.6) is 0 Å². The molecule has 0 aromatic heterocycles. The van der Waals surface area contributed by atoms with Gasteiger partial charge in [0.15, 0.2) is 9.76 Å². The maximum absolute atomic E-state index is 6.12. The zero-order valence-electron chi connectivity index (χ0n) is 8.55. The van der Waals surface area contributed by atoms with Gasteiger partial charge in [-0.25, -0.2) is 0 Å². The van der Waals surface area contributed by atoms with Crippen LogP contribution in [0, 0.1) is 5.92 Å². The highest BCUT2D eigenvalue weighted by Crippen LogP contribution is 2.44. The van der Waals surface area contributed by atoms with E-state index in [9.17, 15) is 0 Å². The zero-order chi connectivity index (χ0) is 9.31. The molecule has 2 rings (SSSR count). The summed E-state index contributed by atoms with van der Waals surface area (Å²) >= 11 is 0. The molecular formula is C11H18OSi. The molecule has 0 aromatic carbocycles. The van der Waals surface area contributed by atoms with E-state index in [2.05, 4.69) is 32.1 Å². The summed E-state index contributed by atoms with van der Waals surface area (Å²) in [5, 5.41) is 1.47. The first-order valence-electron chi connectivity index (χ1n) is 5.19. The second kappa shape index (κ2) is 3.43. The molecule has 0 amide bonds. The van der Waals surface area contributed by atoms with Crippen molar-refractivity contribution >= 4 is 9.76 Å². The van der Waals surface area contributed by atoms with Crippen LogP contribution in [0.2, 0.25) is 0 Å². The van der Waals surface area contributed by atoms with E-state index in [0.717, 1.165) is 5.92 Å². The zero-order valence-corrected chi connectivity index (χ0v) is 9.96. The lowest BCUT2D eigenvalue weighted by Gasteiger charge is -2.24. The lowest BCUT2D eigenvalue weighted by atomic mass is 10.0. The third kappa shape index (κ3) is 1.79. The van der Waals surface area contributed by atoms with Gasteiger partial charge in [0.2, 0.25) is 0 Å². The lowest BCUT2D eigenvalue weighted by molar-refractivity contribution is 0.141. The molecule has 0 aliphatic heterocycles. The van der Waals surface area contributed by atoms with E-state index in [1.54, 1.807) is 0 Å². The minimum absolute atomic E-state index is 0.182. The van der Waals surface area contributed by atoms with Gasteiger partial charge >= 0.3 is 0 Å². The van der Waals surface area contributed by atoms with E-state index < -0.39 is 9.76 Å². The van der Waals surface area contributed by atoms with E-state index >= 15 is 0 Å². The van der Waals surface area contributed by atoms with Crippen LogP contribution in [0.3, 0.4) is 0 Å². The number of rotatable bonds is 3. The second-order valence-corrected chi connectivity index (χ2v) is 6.04. The highest BCUT2D eigenvalue weighted by atomic mass is 28.2. The summed E-state index contributed by atoms with van der Waals surface area (Å²) in [6, 6.07) is 0. The fourth-order valence-corrected chi connectivity index (χ4v) is 3.27. The van der Waals surface area contributed by atoms with Crippen molar-refractivity contribution < 1.29 is 4.43 Å². The van der Waals surface area contributed by atoms with Gasteiger partial charge in [-0.05, 0) is 39.0 Å². The van der Waals surface area contributed by atoms with Crippen molar-refractivity contribution in [2.75, 3.05) is 0 Å². The molecular weight excluding hydrogens is 176 g/mol. The fraction of sp³-hybridized carbons (Fsp3) is 0.636. The number of allylic oxidation sites excluding steroid dienone is 3. The van der Waals surface area contributed by atoms with Gasteiger partial charge in [-0.1, -0.05) is 23.4 Å². The smallest absolute Gasteiger partial charge is 0.188 e. The van der Waals surface area contributed by atoms with Crippen molar-refractivity contribution in [3.63, 3.8) is 0 Å². The molecule has 1 fully saturated rings. The summed E-state index contributed by atoms with van der Waals surface area (Å²) in [6.45, 7) is 4.29. The van der Waals surface area contributed by atoms with Crippen LogP contribution >= 0.6 is 0 Å². The van der Waals surface area contributed by atoms with Gasteiger partial charge in [0.1, 0.15) is 0 Å². The van der Waals surface area contributed by atoms with Crippen LogP contribution in [-0.2, 0) is 4.43 Å². The highest BCUT2D eigenvalue weighted by Gasteiger charge is 2.40. The third-order valence-corrected chi connectivity index (χ3v) is 4.88. The monoisotopic (exact) mass is 194 g/mol. The predicted octanol–water partition coefficient (Wildman–Crippen LogP) is 2.12. The molecule has 0 radical (unpaired) electrons. The van der Waals surface area contributed by atoms with Crippen molar-refractivity contribution in [3.8, 4) is 0 Å². The molecule has 0 aromatic rings. The molecule has 1 nitrogen and oxygen atoms in total. The molecule has 0 N–H and O–H groups in total. The summed E-state index contributed by atoms with van der Waals surface area (Å²) in [6.07, 6.45) is 10.7. The van der Waals surface area contributed by atoms with Gasteiger partial charge < -0.3 is 4.43 Å². The third-order valence-electron chi connectivity index (χ3n) is 3.30. The van der Waals surface area contributed by atoms with E-state index in [1.165, 1.54) is 24.5 Å². The van der Waals surface area contributed by atoms with Crippen LogP contribution in [0.25, 0.3) is 0 Å². The number of fused-ring (bicyclic) bond motifs is 2. The summed E-state index contributed by atoms with van der Waals surface area (Å²) in [5.41, 5.74) is 0.182. The maximum Gasteiger partial charge on any atom is 0.188 e. The Morgan fingerprint density at radius 1 is 1.69 bits per heavy atom. The Labute approximate surface area is 82.8 Å². The van der Waals surface area contributed by atoms with E-state index in [1.807, 2.05) is 0 Å². The Hall–Kier alpha value is -0.343. The normalized spacial score (nSPS) is 38.3. The lowest BCUT2D eigenvalue weighted by Crippen LogP contribution is -2.27. The SMILES string of the molecule is C/C=C(\C)[SiH2]OC12C=CC(CC1)C2. The molecule has 0 heterocycles. The van der Waals surface area contributed by atoms with E-state index in [0.29, 0.717) is 0 Å². The standard InChI is InChI=1S/C11H18OSi/c1-3-9(2)13-12-11-6-4-10(8-11)5-7-11/h3-4,6,10H,5,7-8,13H2,1-2H3/b9-3+. The Kier molecular flexibility index (Phi) is 2.43. The topological polar surface area (TPSA) is 9.23 Å². The molecule has 2 unspecified atom stereocenters. The van der Waals surface area contributed by atoms with Gasteiger partial charge in [-0.3, -0.25) is 0 Å². The van der Waals surface area contributed by atoms with Gasteiger partial charge in [-0.15, -0.1) is 0 Å². The molecule has 2 atom stereocenters. The van der Waals surface area contributed by atoms with Gasteiger partial charge in [0.25, 0.3) is 0 Å². The molecule has 2 aliphatic carbocycles. The molecule has 0 spiro atoms. The van der Waals surface area contributed by atoms with Crippen LogP contribution in [0.15, 0.2) is 23.4 Å². The maximum atomic E-state index is 6.12. The summed E-state index contributed by atoms with van der Waals surface area (Å²) in [5.74, 6) is 0.833. The average Bonchev–Trinajstić information content (AvgIpc) is 2.74. The second-order valence-electron chi connectivity index (χ2n) is 4.35. The Morgan fingerprint density at radius 2 is 2.54 bits per heavy atom. The molecule has 1 saturated carbocycles. The largest absolute Gasteiger partial charge is 0.410 e. The van der Waals surface area contributed by atoms with E-state index in [-0.39, 0.29) is 5.60 Å². The van der Waals surface area contributed by atoms with Gasteiger partial charge in [-0.2, -0.15) is 0 Å². The Balaban J connectivity index is 1.91. The highest BCUT2D eigenvalue weighted by molar-refractivity contribution is 6.37. The first-order chi connectivity index (χ1) is 6.24. The Bertz CT molecular complexity index is 257. The summed E-state index contributed by atoms with van der Waals surface area (Å²) in [4.78, 5) is 0. The van der Waals surface area contributed by atoms with E-state index in [4.69, 9.17) is 4.43 Å². The Morgan fingerprint density at radius 3 is 3.00 bits per heavy atom. The molecule has 2 aliphatic rings.